The molecule has 0 saturated heterocycles. The Morgan fingerprint density at radius 2 is 1.78 bits per heavy atom. The molecule has 144 valence electrons. The van der Waals surface area contributed by atoms with E-state index < -0.39 is 0 Å². The van der Waals surface area contributed by atoms with Crippen molar-refractivity contribution in [3.8, 4) is 17.2 Å². The van der Waals surface area contributed by atoms with Gasteiger partial charge in [0.2, 0.25) is 0 Å². The third-order valence-electron chi connectivity index (χ3n) is 4.70. The average Bonchev–Trinajstić information content (AvgIpc) is 2.70. The molecule has 0 spiro atoms. The number of nitrogens with zero attached hydrogens (tertiary/aromatic N) is 2. The summed E-state index contributed by atoms with van der Waals surface area (Å²) in [5.74, 6) is 2.69. The number of guanidine groups is 1. The van der Waals surface area contributed by atoms with Crippen LogP contribution in [0.1, 0.15) is 23.6 Å². The fourth-order valence-corrected chi connectivity index (χ4v) is 3.26. The van der Waals surface area contributed by atoms with Gasteiger partial charge >= 0.3 is 0 Å². The van der Waals surface area contributed by atoms with E-state index in [-0.39, 0.29) is 5.75 Å². The third kappa shape index (κ3) is 4.45. The topological polar surface area (TPSA) is 66.3 Å². The van der Waals surface area contributed by atoms with E-state index in [1.165, 1.54) is 11.1 Å². The maximum atomic E-state index is 9.42. The summed E-state index contributed by atoms with van der Waals surface area (Å²) < 4.78 is 10.9. The number of rotatable bonds is 5. The van der Waals surface area contributed by atoms with Gasteiger partial charge in [-0.1, -0.05) is 12.1 Å². The number of hydrogen-bond acceptors (Lipinski definition) is 4. The van der Waals surface area contributed by atoms with Gasteiger partial charge in [0.25, 0.3) is 0 Å². The monoisotopic (exact) mass is 369 g/mol. The Hall–Kier alpha value is -2.89. The molecule has 2 aromatic carbocycles. The molecular weight excluding hydrogens is 342 g/mol. The number of phenols is 1. The zero-order valence-electron chi connectivity index (χ0n) is 16.2. The molecule has 0 atom stereocenters. The van der Waals surface area contributed by atoms with Crippen LogP contribution in [-0.2, 0) is 19.5 Å². The average molecular weight is 369 g/mol. The standard InChI is InChI=1S/C21H27N3O3/c1-4-22-21(23-13-15-5-7-18(25)8-6-15)24-10-9-16-11-19(26-2)20(27-3)12-17(16)14-24/h5-8,11-12,25H,4,9-10,13-14H2,1-3H3,(H,22,23). The lowest BCUT2D eigenvalue weighted by molar-refractivity contribution is 0.346. The van der Waals surface area contributed by atoms with Crippen LogP contribution in [0.2, 0.25) is 0 Å². The highest BCUT2D eigenvalue weighted by molar-refractivity contribution is 5.80. The third-order valence-corrected chi connectivity index (χ3v) is 4.70. The highest BCUT2D eigenvalue weighted by atomic mass is 16.5. The quantitative estimate of drug-likeness (QED) is 0.627. The van der Waals surface area contributed by atoms with Crippen LogP contribution < -0.4 is 14.8 Å². The number of ether oxygens (including phenoxy) is 2. The van der Waals surface area contributed by atoms with Gasteiger partial charge in [-0.25, -0.2) is 4.99 Å². The van der Waals surface area contributed by atoms with Crippen LogP contribution in [-0.4, -0.2) is 43.3 Å². The Kier molecular flexibility index (Phi) is 6.06. The fourth-order valence-electron chi connectivity index (χ4n) is 3.26. The van der Waals surface area contributed by atoms with Crippen LogP contribution in [0.5, 0.6) is 17.2 Å². The number of benzene rings is 2. The lowest BCUT2D eigenvalue weighted by atomic mass is 9.99. The van der Waals surface area contributed by atoms with Crippen molar-refractivity contribution in [3.05, 3.63) is 53.1 Å². The number of aromatic hydroxyl groups is 1. The van der Waals surface area contributed by atoms with Crippen molar-refractivity contribution >= 4 is 5.96 Å². The first kappa shape index (κ1) is 18.9. The van der Waals surface area contributed by atoms with Gasteiger partial charge in [-0.3, -0.25) is 0 Å². The van der Waals surface area contributed by atoms with Crippen molar-refractivity contribution < 1.29 is 14.6 Å². The SMILES string of the molecule is CCNC(=NCc1ccc(O)cc1)N1CCc2cc(OC)c(OC)cc2C1. The molecule has 0 aromatic heterocycles. The molecule has 1 aliphatic heterocycles. The molecular formula is C21H27N3O3. The van der Waals surface area contributed by atoms with Gasteiger partial charge in [0.1, 0.15) is 5.75 Å². The minimum absolute atomic E-state index is 0.270. The second-order valence-electron chi connectivity index (χ2n) is 6.48. The Morgan fingerprint density at radius 3 is 2.41 bits per heavy atom. The van der Waals surface area contributed by atoms with Gasteiger partial charge in [0, 0.05) is 19.6 Å². The Balaban J connectivity index is 1.79. The highest BCUT2D eigenvalue weighted by Crippen LogP contribution is 2.33. The molecule has 0 unspecified atom stereocenters. The lowest BCUT2D eigenvalue weighted by Gasteiger charge is -2.32. The molecule has 27 heavy (non-hydrogen) atoms. The van der Waals surface area contributed by atoms with Crippen LogP contribution in [0.25, 0.3) is 0 Å². The molecule has 6 nitrogen and oxygen atoms in total. The molecule has 0 fully saturated rings. The van der Waals surface area contributed by atoms with E-state index in [0.29, 0.717) is 6.54 Å². The largest absolute Gasteiger partial charge is 0.508 e. The molecule has 1 aliphatic rings. The van der Waals surface area contributed by atoms with Gasteiger partial charge in [-0.2, -0.15) is 0 Å². The number of methoxy groups -OCH3 is 2. The second kappa shape index (κ2) is 8.66. The molecule has 0 saturated carbocycles. The molecule has 0 amide bonds. The van der Waals surface area contributed by atoms with E-state index in [0.717, 1.165) is 49.1 Å². The van der Waals surface area contributed by atoms with Crippen LogP contribution >= 0.6 is 0 Å². The van der Waals surface area contributed by atoms with E-state index in [1.807, 2.05) is 12.1 Å². The fraction of sp³-hybridized carbons (Fsp3) is 0.381. The van der Waals surface area contributed by atoms with Gasteiger partial charge in [0.05, 0.1) is 20.8 Å². The van der Waals surface area contributed by atoms with E-state index in [2.05, 4.69) is 29.3 Å². The van der Waals surface area contributed by atoms with Gasteiger partial charge in [-0.05, 0) is 54.3 Å². The molecule has 6 heteroatoms. The first-order valence-electron chi connectivity index (χ1n) is 9.19. The smallest absolute Gasteiger partial charge is 0.194 e. The number of phenolic OH excluding ortho intramolecular Hbond substituents is 1. The van der Waals surface area contributed by atoms with Crippen LogP contribution in [0.3, 0.4) is 0 Å². The molecule has 0 bridgehead atoms. The van der Waals surface area contributed by atoms with Gasteiger partial charge < -0.3 is 24.8 Å². The van der Waals surface area contributed by atoms with Gasteiger partial charge in [-0.15, -0.1) is 0 Å². The zero-order valence-corrected chi connectivity index (χ0v) is 16.2. The molecule has 1 heterocycles. The molecule has 2 aromatic rings. The Morgan fingerprint density at radius 1 is 1.11 bits per heavy atom. The van der Waals surface area contributed by atoms with E-state index in [4.69, 9.17) is 14.5 Å². The first-order valence-corrected chi connectivity index (χ1v) is 9.19. The Bertz CT molecular complexity index is 803. The predicted octanol–water partition coefficient (Wildman–Crippen LogP) is 2.93. The molecule has 2 N–H and O–H groups in total. The van der Waals surface area contributed by atoms with E-state index in [1.54, 1.807) is 26.4 Å². The summed E-state index contributed by atoms with van der Waals surface area (Å²) in [6.07, 6.45) is 0.930. The summed E-state index contributed by atoms with van der Waals surface area (Å²) in [4.78, 5) is 7.04. The summed E-state index contributed by atoms with van der Waals surface area (Å²) >= 11 is 0. The minimum Gasteiger partial charge on any atom is -0.508 e. The van der Waals surface area contributed by atoms with E-state index >= 15 is 0 Å². The predicted molar refractivity (Wildman–Crippen MR) is 107 cm³/mol. The number of aliphatic imine (C=N–C) groups is 1. The van der Waals surface area contributed by atoms with E-state index in [9.17, 15) is 5.11 Å². The first-order chi connectivity index (χ1) is 13.1. The number of fused-ring (bicyclic) bond motifs is 1. The molecule has 0 aliphatic carbocycles. The maximum absolute atomic E-state index is 9.42. The van der Waals surface area contributed by atoms with Crippen molar-refractivity contribution in [3.63, 3.8) is 0 Å². The Labute approximate surface area is 160 Å². The summed E-state index contributed by atoms with van der Waals surface area (Å²) in [5.41, 5.74) is 3.58. The number of hydrogen-bond donors (Lipinski definition) is 2. The van der Waals surface area contributed by atoms with Gasteiger partial charge in [0.15, 0.2) is 17.5 Å². The van der Waals surface area contributed by atoms with Crippen LogP contribution in [0.4, 0.5) is 0 Å². The minimum atomic E-state index is 0.270. The second-order valence-corrected chi connectivity index (χ2v) is 6.48. The summed E-state index contributed by atoms with van der Waals surface area (Å²) in [6, 6.07) is 11.3. The van der Waals surface area contributed by atoms with Crippen LogP contribution in [0.15, 0.2) is 41.4 Å². The van der Waals surface area contributed by atoms with Crippen molar-refractivity contribution in [2.75, 3.05) is 27.3 Å². The van der Waals surface area contributed by atoms with Crippen molar-refractivity contribution in [2.45, 2.75) is 26.4 Å². The van der Waals surface area contributed by atoms with Crippen LogP contribution in [0, 0.1) is 0 Å². The molecule has 3 rings (SSSR count). The van der Waals surface area contributed by atoms with Crippen molar-refractivity contribution in [1.82, 2.24) is 10.2 Å². The normalized spacial score (nSPS) is 13.9. The molecule has 0 radical (unpaired) electrons. The summed E-state index contributed by atoms with van der Waals surface area (Å²) in [6.45, 7) is 5.12. The lowest BCUT2D eigenvalue weighted by Crippen LogP contribution is -2.44. The highest BCUT2D eigenvalue weighted by Gasteiger charge is 2.21. The van der Waals surface area contributed by atoms with Crippen molar-refractivity contribution in [1.29, 1.82) is 0 Å². The number of nitrogens with one attached hydrogen (secondary N) is 1. The summed E-state index contributed by atoms with van der Waals surface area (Å²) in [7, 11) is 3.33. The summed E-state index contributed by atoms with van der Waals surface area (Å²) in [5, 5.41) is 12.8. The van der Waals surface area contributed by atoms with Crippen molar-refractivity contribution in [2.24, 2.45) is 4.99 Å². The zero-order chi connectivity index (χ0) is 19.2. The maximum Gasteiger partial charge on any atom is 0.194 e.